The van der Waals surface area contributed by atoms with Gasteiger partial charge in [-0.2, -0.15) is 0 Å². The van der Waals surface area contributed by atoms with Gasteiger partial charge in [-0.05, 0) is 35.6 Å². The van der Waals surface area contributed by atoms with Crippen molar-refractivity contribution in [1.29, 1.82) is 0 Å². The normalized spacial score (nSPS) is 11.4. The summed E-state index contributed by atoms with van der Waals surface area (Å²) in [7, 11) is 0. The monoisotopic (exact) mass is 380 g/mol. The van der Waals surface area contributed by atoms with E-state index in [0.717, 1.165) is 30.4 Å². The molecule has 0 N–H and O–H groups in total. The van der Waals surface area contributed by atoms with Crippen molar-refractivity contribution in [2.24, 2.45) is 0 Å². The molecule has 0 unspecified atom stereocenters. The number of esters is 2. The third-order valence-corrected chi connectivity index (χ3v) is 4.25. The minimum absolute atomic E-state index is 0.500. The van der Waals surface area contributed by atoms with Gasteiger partial charge in [-0.25, -0.2) is 0 Å². The number of benzene rings is 2. The van der Waals surface area contributed by atoms with E-state index in [-0.39, 0.29) is 0 Å². The Morgan fingerprint density at radius 3 is 2.04 bits per heavy atom. The van der Waals surface area contributed by atoms with E-state index in [4.69, 9.17) is 9.47 Å². The lowest BCUT2D eigenvalue weighted by molar-refractivity contribution is -0.178. The molecule has 0 amide bonds. The summed E-state index contributed by atoms with van der Waals surface area (Å²) in [5, 5.41) is 0. The Kier molecular flexibility index (Phi) is 8.47. The van der Waals surface area contributed by atoms with Crippen LogP contribution in [0.2, 0.25) is 0 Å². The number of unbranched alkanes of at least 4 members (excludes halogenated alkanes) is 1. The van der Waals surface area contributed by atoms with Crippen LogP contribution < -0.4 is 0 Å². The van der Waals surface area contributed by atoms with Gasteiger partial charge in [-0.15, -0.1) is 0 Å². The zero-order valence-electron chi connectivity index (χ0n) is 16.8. The third-order valence-electron chi connectivity index (χ3n) is 4.25. The highest BCUT2D eigenvalue weighted by Gasteiger charge is 2.21. The Morgan fingerprint density at radius 1 is 0.893 bits per heavy atom. The lowest BCUT2D eigenvalue weighted by Crippen LogP contribution is -2.25. The molecule has 2 aromatic rings. The number of carbonyl (C=O) groups excluding carboxylic acids is 2. The minimum atomic E-state index is -1.05. The van der Waals surface area contributed by atoms with Crippen LogP contribution in [0.4, 0.5) is 0 Å². The summed E-state index contributed by atoms with van der Waals surface area (Å²) in [6, 6.07) is 18.1. The van der Waals surface area contributed by atoms with Crippen LogP contribution in [0.25, 0.3) is 6.08 Å². The van der Waals surface area contributed by atoms with Crippen molar-refractivity contribution in [2.75, 3.05) is 0 Å². The number of ether oxygens (including phenoxy) is 2. The average molecular weight is 380 g/mol. The molecule has 0 bridgehead atoms. The predicted octanol–water partition coefficient (Wildman–Crippen LogP) is 5.11. The van der Waals surface area contributed by atoms with E-state index < -0.39 is 18.2 Å². The van der Waals surface area contributed by atoms with Crippen LogP contribution in [0.15, 0.2) is 60.2 Å². The fraction of sp³-hybridized carbons (Fsp3) is 0.333. The maximum atomic E-state index is 11.5. The molecule has 4 nitrogen and oxygen atoms in total. The second-order valence-electron chi connectivity index (χ2n) is 6.78. The first-order valence-corrected chi connectivity index (χ1v) is 9.65. The Balaban J connectivity index is 2.33. The number of aryl methyl sites for hydroxylation is 1. The summed E-state index contributed by atoms with van der Waals surface area (Å²) in [6.45, 7) is 4.79. The molecule has 0 aliphatic rings. The van der Waals surface area contributed by atoms with Crippen molar-refractivity contribution in [3.8, 4) is 0 Å². The summed E-state index contributed by atoms with van der Waals surface area (Å²) in [5.41, 5.74) is 4.01. The van der Waals surface area contributed by atoms with Crippen LogP contribution in [0.1, 0.15) is 50.3 Å². The molecule has 0 saturated heterocycles. The average Bonchev–Trinajstić information content (AvgIpc) is 2.66. The van der Waals surface area contributed by atoms with Gasteiger partial charge in [0.1, 0.15) is 0 Å². The molecular formula is C24H28O4. The fourth-order valence-electron chi connectivity index (χ4n) is 2.89. The Bertz CT molecular complexity index is 775. The summed E-state index contributed by atoms with van der Waals surface area (Å²) in [6.07, 6.45) is 4.76. The third kappa shape index (κ3) is 7.39. The fourth-order valence-corrected chi connectivity index (χ4v) is 2.89. The summed E-state index contributed by atoms with van der Waals surface area (Å²) in [4.78, 5) is 23.1. The van der Waals surface area contributed by atoms with Gasteiger partial charge in [0.05, 0.1) is 0 Å². The molecule has 0 aliphatic carbocycles. The lowest BCUT2D eigenvalue weighted by atomic mass is 10.0. The standard InChI is InChI=1S/C24H28O4/c1-4-5-9-20-12-14-22(15-13-20)17-23(16-21-10-7-6-8-11-21)24(27-18(2)25)28-19(3)26/h6-8,10-15,17,24H,4-5,9,16H2,1-3H3/b23-17+. The molecule has 148 valence electrons. The molecule has 2 rings (SSSR count). The molecule has 0 fully saturated rings. The number of hydrogen-bond acceptors (Lipinski definition) is 4. The molecule has 4 heteroatoms. The molecule has 0 saturated carbocycles. The predicted molar refractivity (Wildman–Crippen MR) is 110 cm³/mol. The molecule has 0 atom stereocenters. The second-order valence-corrected chi connectivity index (χ2v) is 6.78. The molecule has 0 aromatic heterocycles. The number of hydrogen-bond donors (Lipinski definition) is 0. The smallest absolute Gasteiger partial charge is 0.305 e. The molecule has 0 aliphatic heterocycles. The van der Waals surface area contributed by atoms with Crippen LogP contribution in [-0.2, 0) is 31.9 Å². The quantitative estimate of drug-likeness (QED) is 0.448. The second kappa shape index (κ2) is 11.1. The van der Waals surface area contributed by atoms with Gasteiger partial charge in [0.2, 0.25) is 0 Å². The van der Waals surface area contributed by atoms with Crippen LogP contribution >= 0.6 is 0 Å². The largest absolute Gasteiger partial charge is 0.421 e. The maximum Gasteiger partial charge on any atom is 0.305 e. The van der Waals surface area contributed by atoms with Gasteiger partial charge in [0.25, 0.3) is 6.29 Å². The molecular weight excluding hydrogens is 352 g/mol. The van der Waals surface area contributed by atoms with E-state index in [1.807, 2.05) is 48.5 Å². The Hall–Kier alpha value is -2.88. The summed E-state index contributed by atoms with van der Waals surface area (Å²) >= 11 is 0. The van der Waals surface area contributed by atoms with Gasteiger partial charge in [0, 0.05) is 25.8 Å². The molecule has 0 radical (unpaired) electrons. The van der Waals surface area contributed by atoms with E-state index in [9.17, 15) is 9.59 Å². The summed E-state index contributed by atoms with van der Waals surface area (Å²) in [5.74, 6) is -1.000. The van der Waals surface area contributed by atoms with Crippen LogP contribution in [0, 0.1) is 0 Å². The lowest BCUT2D eigenvalue weighted by Gasteiger charge is -2.20. The Labute approximate surface area is 167 Å². The van der Waals surface area contributed by atoms with E-state index in [1.165, 1.54) is 19.4 Å². The highest BCUT2D eigenvalue weighted by atomic mass is 16.7. The maximum absolute atomic E-state index is 11.5. The van der Waals surface area contributed by atoms with Gasteiger partial charge in [0.15, 0.2) is 0 Å². The SMILES string of the molecule is CCCCc1ccc(/C=C(\Cc2ccccc2)C(OC(C)=O)OC(C)=O)cc1. The first kappa shape index (κ1) is 21.4. The van der Waals surface area contributed by atoms with E-state index >= 15 is 0 Å². The summed E-state index contributed by atoms with van der Waals surface area (Å²) < 4.78 is 10.6. The van der Waals surface area contributed by atoms with E-state index in [2.05, 4.69) is 19.1 Å². The Morgan fingerprint density at radius 2 is 1.50 bits per heavy atom. The van der Waals surface area contributed by atoms with Crippen LogP contribution in [-0.4, -0.2) is 18.2 Å². The van der Waals surface area contributed by atoms with Gasteiger partial charge >= 0.3 is 11.9 Å². The highest BCUT2D eigenvalue weighted by molar-refractivity contribution is 5.69. The van der Waals surface area contributed by atoms with Crippen molar-refractivity contribution in [2.45, 2.75) is 52.7 Å². The molecule has 28 heavy (non-hydrogen) atoms. The number of rotatable bonds is 9. The molecule has 0 spiro atoms. The minimum Gasteiger partial charge on any atom is -0.421 e. The van der Waals surface area contributed by atoms with Crippen molar-refractivity contribution in [1.82, 2.24) is 0 Å². The molecule has 0 heterocycles. The topological polar surface area (TPSA) is 52.6 Å². The zero-order valence-corrected chi connectivity index (χ0v) is 16.8. The van der Waals surface area contributed by atoms with Crippen LogP contribution in [0.3, 0.4) is 0 Å². The first-order chi connectivity index (χ1) is 13.5. The highest BCUT2D eigenvalue weighted by Crippen LogP contribution is 2.20. The van der Waals surface area contributed by atoms with Crippen molar-refractivity contribution >= 4 is 18.0 Å². The van der Waals surface area contributed by atoms with E-state index in [1.54, 1.807) is 0 Å². The van der Waals surface area contributed by atoms with Crippen LogP contribution in [0.5, 0.6) is 0 Å². The van der Waals surface area contributed by atoms with Gasteiger partial charge in [-0.1, -0.05) is 67.9 Å². The van der Waals surface area contributed by atoms with Crippen molar-refractivity contribution < 1.29 is 19.1 Å². The number of carbonyl (C=O) groups is 2. The van der Waals surface area contributed by atoms with Crippen molar-refractivity contribution in [3.63, 3.8) is 0 Å². The van der Waals surface area contributed by atoms with E-state index in [0.29, 0.717) is 12.0 Å². The first-order valence-electron chi connectivity index (χ1n) is 9.65. The van der Waals surface area contributed by atoms with Crippen molar-refractivity contribution in [3.05, 3.63) is 76.9 Å². The zero-order chi connectivity index (χ0) is 20.4. The van der Waals surface area contributed by atoms with Gasteiger partial charge in [-0.3, -0.25) is 9.59 Å². The molecule has 2 aromatic carbocycles. The van der Waals surface area contributed by atoms with Gasteiger partial charge < -0.3 is 9.47 Å².